The SMILES string of the molecule is COC(=O)Cc1cc(C)cc(C(F)F)n1. The summed E-state index contributed by atoms with van der Waals surface area (Å²) in [6.45, 7) is 1.67. The van der Waals surface area contributed by atoms with Crippen molar-refractivity contribution in [3.8, 4) is 0 Å². The highest BCUT2D eigenvalue weighted by atomic mass is 19.3. The molecule has 0 unspecified atom stereocenters. The van der Waals surface area contributed by atoms with Crippen LogP contribution in [0.15, 0.2) is 12.1 Å². The molecule has 3 nitrogen and oxygen atoms in total. The zero-order chi connectivity index (χ0) is 11.4. The van der Waals surface area contributed by atoms with Gasteiger partial charge < -0.3 is 4.74 Å². The maximum Gasteiger partial charge on any atom is 0.311 e. The van der Waals surface area contributed by atoms with Crippen molar-refractivity contribution in [2.45, 2.75) is 19.8 Å². The first-order valence-corrected chi connectivity index (χ1v) is 4.35. The van der Waals surface area contributed by atoms with Gasteiger partial charge in [-0.15, -0.1) is 0 Å². The highest BCUT2D eigenvalue weighted by Crippen LogP contribution is 2.18. The fraction of sp³-hybridized carbons (Fsp3) is 0.400. The fourth-order valence-electron chi connectivity index (χ4n) is 1.19. The highest BCUT2D eigenvalue weighted by molar-refractivity contribution is 5.71. The van der Waals surface area contributed by atoms with Crippen LogP contribution in [0.5, 0.6) is 0 Å². The Morgan fingerprint density at radius 1 is 1.53 bits per heavy atom. The maximum atomic E-state index is 12.4. The average molecular weight is 215 g/mol. The summed E-state index contributed by atoms with van der Waals surface area (Å²) in [5.41, 5.74) is 0.644. The van der Waals surface area contributed by atoms with Gasteiger partial charge in [0.2, 0.25) is 0 Å². The van der Waals surface area contributed by atoms with Gasteiger partial charge >= 0.3 is 5.97 Å². The molecule has 82 valence electrons. The number of aryl methyl sites for hydroxylation is 1. The molecule has 0 fully saturated rings. The van der Waals surface area contributed by atoms with Gasteiger partial charge in [-0.1, -0.05) is 0 Å². The molecule has 0 atom stereocenters. The number of methoxy groups -OCH3 is 1. The van der Waals surface area contributed by atoms with E-state index in [1.807, 2.05) is 0 Å². The predicted octanol–water partition coefficient (Wildman–Crippen LogP) is 2.04. The van der Waals surface area contributed by atoms with Crippen molar-refractivity contribution in [3.05, 3.63) is 29.1 Å². The van der Waals surface area contributed by atoms with E-state index in [4.69, 9.17) is 0 Å². The molecule has 0 amide bonds. The van der Waals surface area contributed by atoms with E-state index in [0.717, 1.165) is 0 Å². The third-order valence-corrected chi connectivity index (χ3v) is 1.82. The summed E-state index contributed by atoms with van der Waals surface area (Å²) in [4.78, 5) is 14.6. The van der Waals surface area contributed by atoms with Crippen LogP contribution in [0.1, 0.15) is 23.4 Å². The number of ether oxygens (including phenoxy) is 1. The molecule has 1 aromatic heterocycles. The second-order valence-corrected chi connectivity index (χ2v) is 3.11. The minimum absolute atomic E-state index is 0.0854. The molecule has 0 saturated carbocycles. The zero-order valence-corrected chi connectivity index (χ0v) is 8.46. The Balaban J connectivity index is 2.93. The van der Waals surface area contributed by atoms with Crippen LogP contribution in [-0.2, 0) is 16.0 Å². The summed E-state index contributed by atoms with van der Waals surface area (Å²) < 4.78 is 29.2. The largest absolute Gasteiger partial charge is 0.469 e. The van der Waals surface area contributed by atoms with Gasteiger partial charge in [0, 0.05) is 0 Å². The van der Waals surface area contributed by atoms with E-state index in [2.05, 4.69) is 9.72 Å². The number of esters is 1. The van der Waals surface area contributed by atoms with Gasteiger partial charge in [0.15, 0.2) is 0 Å². The van der Waals surface area contributed by atoms with Crippen LogP contribution in [0, 0.1) is 6.92 Å². The number of hydrogen-bond acceptors (Lipinski definition) is 3. The minimum atomic E-state index is -2.62. The Hall–Kier alpha value is -1.52. The number of pyridine rings is 1. The molecular weight excluding hydrogens is 204 g/mol. The number of hydrogen-bond donors (Lipinski definition) is 0. The molecule has 0 bridgehead atoms. The zero-order valence-electron chi connectivity index (χ0n) is 8.46. The lowest BCUT2D eigenvalue weighted by Crippen LogP contribution is -2.07. The quantitative estimate of drug-likeness (QED) is 0.724. The smallest absolute Gasteiger partial charge is 0.311 e. The van der Waals surface area contributed by atoms with Crippen LogP contribution in [0.3, 0.4) is 0 Å². The molecule has 0 aliphatic rings. The monoisotopic (exact) mass is 215 g/mol. The van der Waals surface area contributed by atoms with Gasteiger partial charge in [-0.3, -0.25) is 9.78 Å². The first-order valence-electron chi connectivity index (χ1n) is 4.35. The van der Waals surface area contributed by atoms with Crippen molar-refractivity contribution in [1.29, 1.82) is 0 Å². The van der Waals surface area contributed by atoms with Crippen molar-refractivity contribution in [3.63, 3.8) is 0 Å². The molecule has 0 N–H and O–H groups in total. The topological polar surface area (TPSA) is 39.2 Å². The third-order valence-electron chi connectivity index (χ3n) is 1.82. The van der Waals surface area contributed by atoms with Crippen molar-refractivity contribution in [2.24, 2.45) is 0 Å². The molecule has 0 saturated heterocycles. The molecule has 1 rings (SSSR count). The second-order valence-electron chi connectivity index (χ2n) is 3.11. The number of nitrogens with zero attached hydrogens (tertiary/aromatic N) is 1. The summed E-state index contributed by atoms with van der Waals surface area (Å²) in [6, 6.07) is 2.88. The summed E-state index contributed by atoms with van der Waals surface area (Å²) in [6.07, 6.45) is -2.71. The summed E-state index contributed by atoms with van der Waals surface area (Å²) in [5.74, 6) is -0.492. The van der Waals surface area contributed by atoms with E-state index >= 15 is 0 Å². The molecule has 5 heteroatoms. The van der Waals surface area contributed by atoms with Crippen LogP contribution < -0.4 is 0 Å². The first kappa shape index (κ1) is 11.6. The second kappa shape index (κ2) is 4.82. The molecule has 0 aromatic carbocycles. The molecule has 0 spiro atoms. The van der Waals surface area contributed by atoms with E-state index < -0.39 is 12.4 Å². The van der Waals surface area contributed by atoms with Crippen molar-refractivity contribution in [2.75, 3.05) is 7.11 Å². The normalized spacial score (nSPS) is 10.5. The molecule has 0 aliphatic carbocycles. The van der Waals surface area contributed by atoms with Gasteiger partial charge in [-0.25, -0.2) is 8.78 Å². The van der Waals surface area contributed by atoms with Crippen LogP contribution in [0.2, 0.25) is 0 Å². The Kier molecular flexibility index (Phi) is 3.71. The Labute approximate surface area is 86.1 Å². The van der Waals surface area contributed by atoms with Gasteiger partial charge in [0.1, 0.15) is 5.69 Å². The van der Waals surface area contributed by atoms with Gasteiger partial charge in [-0.2, -0.15) is 0 Å². The maximum absolute atomic E-state index is 12.4. The fourth-order valence-corrected chi connectivity index (χ4v) is 1.19. The number of alkyl halides is 2. The van der Waals surface area contributed by atoms with Gasteiger partial charge in [0.05, 0.1) is 19.2 Å². The van der Waals surface area contributed by atoms with Gasteiger partial charge in [0.25, 0.3) is 6.43 Å². The van der Waals surface area contributed by atoms with Crippen LogP contribution >= 0.6 is 0 Å². The highest BCUT2D eigenvalue weighted by Gasteiger charge is 2.12. The van der Waals surface area contributed by atoms with E-state index in [9.17, 15) is 13.6 Å². The predicted molar refractivity (Wildman–Crippen MR) is 49.7 cm³/mol. The molecule has 15 heavy (non-hydrogen) atoms. The first-order chi connectivity index (χ1) is 7.02. The number of rotatable bonds is 3. The van der Waals surface area contributed by atoms with Crippen molar-refractivity contribution in [1.82, 2.24) is 4.98 Å². The standard InChI is InChI=1S/C10H11F2NO2/c1-6-3-7(5-9(14)15-2)13-8(4-6)10(11)12/h3-4,10H,5H2,1-2H3. The van der Waals surface area contributed by atoms with Crippen LogP contribution in [0.4, 0.5) is 8.78 Å². The summed E-state index contributed by atoms with van der Waals surface area (Å²) >= 11 is 0. The molecule has 0 aliphatic heterocycles. The lowest BCUT2D eigenvalue weighted by molar-refractivity contribution is -0.139. The summed E-state index contributed by atoms with van der Waals surface area (Å²) in [5, 5.41) is 0. The Morgan fingerprint density at radius 3 is 2.73 bits per heavy atom. The van der Waals surface area contributed by atoms with E-state index in [-0.39, 0.29) is 12.1 Å². The van der Waals surface area contributed by atoms with Crippen LogP contribution in [-0.4, -0.2) is 18.1 Å². The van der Waals surface area contributed by atoms with Crippen molar-refractivity contribution < 1.29 is 18.3 Å². The van der Waals surface area contributed by atoms with E-state index in [1.165, 1.54) is 13.2 Å². The number of aromatic nitrogens is 1. The van der Waals surface area contributed by atoms with E-state index in [0.29, 0.717) is 11.3 Å². The third kappa shape index (κ3) is 3.27. The Morgan fingerprint density at radius 2 is 2.20 bits per heavy atom. The summed E-state index contributed by atoms with van der Waals surface area (Å²) in [7, 11) is 1.24. The molecule has 1 heterocycles. The lowest BCUT2D eigenvalue weighted by atomic mass is 10.2. The molecular formula is C10H11F2NO2. The Bertz CT molecular complexity index is 366. The molecule has 1 aromatic rings. The van der Waals surface area contributed by atoms with Crippen LogP contribution in [0.25, 0.3) is 0 Å². The number of carbonyl (C=O) groups excluding carboxylic acids is 1. The van der Waals surface area contributed by atoms with Crippen molar-refractivity contribution >= 4 is 5.97 Å². The van der Waals surface area contributed by atoms with E-state index in [1.54, 1.807) is 13.0 Å². The number of halogens is 2. The number of carbonyl (C=O) groups is 1. The molecule has 0 radical (unpaired) electrons. The average Bonchev–Trinajstić information content (AvgIpc) is 2.16. The van der Waals surface area contributed by atoms with Gasteiger partial charge in [-0.05, 0) is 24.6 Å². The minimum Gasteiger partial charge on any atom is -0.469 e. The lowest BCUT2D eigenvalue weighted by Gasteiger charge is -2.05.